The van der Waals surface area contributed by atoms with Crippen molar-refractivity contribution < 1.29 is 23.1 Å². The Labute approximate surface area is 162 Å². The molecule has 3 aromatic heterocycles. The number of aryl methyl sites for hydroxylation is 1. The number of nitrogens with zero attached hydrogens (tertiary/aromatic N) is 5. The zero-order valence-corrected chi connectivity index (χ0v) is 15.1. The van der Waals surface area contributed by atoms with Crippen molar-refractivity contribution in [1.29, 1.82) is 5.26 Å². The number of aliphatic carboxylic acids is 1. The third-order valence-electron chi connectivity index (χ3n) is 4.14. The molecular weight excluding hydrogens is 387 g/mol. The Morgan fingerprint density at radius 1 is 1.14 bits per heavy atom. The second-order valence-electron chi connectivity index (χ2n) is 6.06. The molecule has 0 bridgehead atoms. The Kier molecular flexibility index (Phi) is 5.23. The van der Waals surface area contributed by atoms with Crippen LogP contribution in [0.2, 0.25) is 0 Å². The van der Waals surface area contributed by atoms with Crippen molar-refractivity contribution in [3.05, 3.63) is 65.6 Å². The molecule has 7 nitrogen and oxygen atoms in total. The van der Waals surface area contributed by atoms with Gasteiger partial charge < -0.3 is 9.67 Å². The molecule has 0 aliphatic heterocycles. The summed E-state index contributed by atoms with van der Waals surface area (Å²) in [6, 6.07) is 18.3. The first-order chi connectivity index (χ1) is 13.7. The van der Waals surface area contributed by atoms with Crippen LogP contribution in [-0.2, 0) is 11.3 Å². The first-order valence-corrected chi connectivity index (χ1v) is 8.30. The van der Waals surface area contributed by atoms with Crippen LogP contribution in [0.25, 0.3) is 16.7 Å². The first kappa shape index (κ1) is 19.9. The molecule has 1 aromatic carbocycles. The van der Waals surface area contributed by atoms with Gasteiger partial charge in [-0.3, -0.25) is 4.40 Å². The van der Waals surface area contributed by atoms with Crippen molar-refractivity contribution in [2.45, 2.75) is 19.6 Å². The maximum atomic E-state index is 10.6. The molecule has 0 aliphatic carbocycles. The maximum Gasteiger partial charge on any atom is 0.490 e. The van der Waals surface area contributed by atoms with Crippen LogP contribution in [0.15, 0.2) is 48.5 Å². The summed E-state index contributed by atoms with van der Waals surface area (Å²) in [6.45, 7) is 2.58. The van der Waals surface area contributed by atoms with Gasteiger partial charge >= 0.3 is 12.1 Å². The van der Waals surface area contributed by atoms with Crippen molar-refractivity contribution in [1.82, 2.24) is 19.2 Å². The molecule has 0 atom stereocenters. The molecule has 4 rings (SSSR count). The summed E-state index contributed by atoms with van der Waals surface area (Å²) in [6.07, 6.45) is -5.08. The molecule has 0 spiro atoms. The van der Waals surface area contributed by atoms with E-state index in [1.807, 2.05) is 52.3 Å². The molecule has 1 N–H and O–H groups in total. The van der Waals surface area contributed by atoms with Crippen LogP contribution in [0.4, 0.5) is 13.2 Å². The second-order valence-corrected chi connectivity index (χ2v) is 6.06. The van der Waals surface area contributed by atoms with Gasteiger partial charge in [-0.1, -0.05) is 30.3 Å². The molecule has 0 aliphatic rings. The summed E-state index contributed by atoms with van der Waals surface area (Å²) in [4.78, 5) is 8.90. The fourth-order valence-corrected chi connectivity index (χ4v) is 2.87. The van der Waals surface area contributed by atoms with Gasteiger partial charge in [-0.15, -0.1) is 10.2 Å². The third kappa shape index (κ3) is 4.03. The largest absolute Gasteiger partial charge is 0.490 e. The molecule has 29 heavy (non-hydrogen) atoms. The van der Waals surface area contributed by atoms with Crippen LogP contribution in [0.5, 0.6) is 0 Å². The highest BCUT2D eigenvalue weighted by atomic mass is 19.4. The van der Waals surface area contributed by atoms with Crippen LogP contribution in [-0.4, -0.2) is 36.4 Å². The van der Waals surface area contributed by atoms with E-state index in [1.165, 1.54) is 0 Å². The summed E-state index contributed by atoms with van der Waals surface area (Å²) in [5.41, 5.74) is 4.58. The van der Waals surface area contributed by atoms with Gasteiger partial charge in [0.2, 0.25) is 0 Å². The molecule has 0 saturated carbocycles. The van der Waals surface area contributed by atoms with E-state index < -0.39 is 12.1 Å². The van der Waals surface area contributed by atoms with E-state index in [-0.39, 0.29) is 0 Å². The summed E-state index contributed by atoms with van der Waals surface area (Å²) < 4.78 is 35.8. The highest BCUT2D eigenvalue weighted by Gasteiger charge is 2.38. The fraction of sp³-hybridized carbons (Fsp3) is 0.158. The van der Waals surface area contributed by atoms with Crippen molar-refractivity contribution in [2.24, 2.45) is 0 Å². The lowest BCUT2D eigenvalue weighted by Gasteiger charge is -2.07. The molecule has 3 heterocycles. The lowest BCUT2D eigenvalue weighted by molar-refractivity contribution is -0.192. The standard InChI is InChI=1S/C17H13N5.C2HF3O2/c1-12-19-20-17-8-7-15-16(22(12)17)9-14(10-18)21(15)11-13-5-3-2-4-6-13;3-2(4,5)1(6)7/h2-9H,11H2,1H3;(H,6,7). The quantitative estimate of drug-likeness (QED) is 0.554. The minimum Gasteiger partial charge on any atom is -0.475 e. The molecule has 0 unspecified atom stereocenters. The number of halogens is 3. The number of carboxylic acid groups (broad SMARTS) is 1. The Morgan fingerprint density at radius 2 is 1.79 bits per heavy atom. The number of carboxylic acids is 1. The van der Waals surface area contributed by atoms with Gasteiger partial charge in [0.1, 0.15) is 17.6 Å². The smallest absolute Gasteiger partial charge is 0.475 e. The number of hydrogen-bond donors (Lipinski definition) is 1. The monoisotopic (exact) mass is 401 g/mol. The van der Waals surface area contributed by atoms with Crippen LogP contribution in [0.3, 0.4) is 0 Å². The van der Waals surface area contributed by atoms with Gasteiger partial charge in [0.05, 0.1) is 11.0 Å². The minimum atomic E-state index is -5.08. The number of aromatic nitrogens is 4. The third-order valence-corrected chi connectivity index (χ3v) is 4.14. The van der Waals surface area contributed by atoms with Crippen LogP contribution >= 0.6 is 0 Å². The van der Waals surface area contributed by atoms with E-state index in [1.54, 1.807) is 0 Å². The van der Waals surface area contributed by atoms with Crippen molar-refractivity contribution in [2.75, 3.05) is 0 Å². The Morgan fingerprint density at radius 3 is 2.38 bits per heavy atom. The van der Waals surface area contributed by atoms with Crippen LogP contribution in [0.1, 0.15) is 17.1 Å². The van der Waals surface area contributed by atoms with Gasteiger partial charge in [0.15, 0.2) is 5.65 Å². The van der Waals surface area contributed by atoms with Gasteiger partial charge in [-0.2, -0.15) is 18.4 Å². The number of hydrogen-bond acceptors (Lipinski definition) is 4. The normalized spacial score (nSPS) is 11.1. The minimum absolute atomic E-state index is 0.638. The number of rotatable bonds is 2. The Hall–Kier alpha value is -3.87. The van der Waals surface area contributed by atoms with Gasteiger partial charge in [-0.25, -0.2) is 4.79 Å². The number of alkyl halides is 3. The summed E-state index contributed by atoms with van der Waals surface area (Å²) in [5.74, 6) is -1.94. The topological polar surface area (TPSA) is 96.2 Å². The number of nitriles is 1. The summed E-state index contributed by atoms with van der Waals surface area (Å²) in [5, 5.41) is 24.9. The highest BCUT2D eigenvalue weighted by Crippen LogP contribution is 2.23. The van der Waals surface area contributed by atoms with E-state index in [2.05, 4.69) is 28.4 Å². The summed E-state index contributed by atoms with van der Waals surface area (Å²) >= 11 is 0. The average molecular weight is 401 g/mol. The fourth-order valence-electron chi connectivity index (χ4n) is 2.87. The molecule has 0 saturated heterocycles. The molecule has 4 aromatic rings. The van der Waals surface area contributed by atoms with E-state index in [4.69, 9.17) is 9.90 Å². The molecule has 0 amide bonds. The van der Waals surface area contributed by atoms with Crippen molar-refractivity contribution >= 4 is 22.6 Å². The van der Waals surface area contributed by atoms with E-state index >= 15 is 0 Å². The summed E-state index contributed by atoms with van der Waals surface area (Å²) in [7, 11) is 0. The number of pyridine rings is 1. The van der Waals surface area contributed by atoms with E-state index in [0.717, 1.165) is 28.1 Å². The second kappa shape index (κ2) is 7.63. The van der Waals surface area contributed by atoms with E-state index in [9.17, 15) is 18.4 Å². The average Bonchev–Trinajstić information content (AvgIpc) is 3.23. The van der Waals surface area contributed by atoms with Crippen molar-refractivity contribution in [3.63, 3.8) is 0 Å². The van der Waals surface area contributed by atoms with Gasteiger partial charge in [-0.05, 0) is 30.7 Å². The van der Waals surface area contributed by atoms with Crippen molar-refractivity contribution in [3.8, 4) is 6.07 Å². The Balaban J connectivity index is 0.000000298. The molecule has 0 fully saturated rings. The molecule has 148 valence electrons. The van der Waals surface area contributed by atoms with Crippen LogP contribution in [0, 0.1) is 18.3 Å². The zero-order valence-electron chi connectivity index (χ0n) is 15.1. The highest BCUT2D eigenvalue weighted by molar-refractivity contribution is 5.82. The zero-order chi connectivity index (χ0) is 21.2. The maximum absolute atomic E-state index is 10.6. The molecule has 0 radical (unpaired) electrons. The SMILES string of the molecule is Cc1nnc2ccc3c(cc(C#N)n3Cc3ccccc3)n12.O=C(O)C(F)(F)F. The van der Waals surface area contributed by atoms with Crippen LogP contribution < -0.4 is 0 Å². The number of fused-ring (bicyclic) bond motifs is 3. The first-order valence-electron chi connectivity index (χ1n) is 8.30. The number of carbonyl (C=O) groups is 1. The van der Waals surface area contributed by atoms with E-state index in [0.29, 0.717) is 12.2 Å². The van der Waals surface area contributed by atoms with Gasteiger partial charge in [0, 0.05) is 6.54 Å². The lowest BCUT2D eigenvalue weighted by Crippen LogP contribution is -2.21. The molecular formula is C19H14F3N5O2. The molecule has 10 heteroatoms. The Bertz CT molecular complexity index is 1220. The lowest BCUT2D eigenvalue weighted by atomic mass is 10.2. The predicted molar refractivity (Wildman–Crippen MR) is 97.2 cm³/mol. The van der Waals surface area contributed by atoms with Gasteiger partial charge in [0.25, 0.3) is 0 Å². The predicted octanol–water partition coefficient (Wildman–Crippen LogP) is 3.55. The number of benzene rings is 1.